The predicted molar refractivity (Wildman–Crippen MR) is 40.4 cm³/mol. The van der Waals surface area contributed by atoms with Crippen molar-refractivity contribution in [1.82, 2.24) is 10.6 Å². The number of hydrogen-bond acceptors (Lipinski definition) is 1. The fourth-order valence-electron chi connectivity index (χ4n) is 1.38. The van der Waals surface area contributed by atoms with Gasteiger partial charge in [-0.25, -0.2) is 0 Å². The molecule has 10 heavy (non-hydrogen) atoms. The Bertz CT molecular complexity index is 169. The lowest BCUT2D eigenvalue weighted by Gasteiger charge is -2.21. The van der Waals surface area contributed by atoms with Crippen LogP contribution in [0.3, 0.4) is 0 Å². The smallest absolute Gasteiger partial charge is 0.0760 e. The molecule has 2 rings (SSSR count). The van der Waals surface area contributed by atoms with E-state index in [1.54, 1.807) is 0 Å². The first kappa shape index (κ1) is 5.83. The number of piperidine rings is 1. The Morgan fingerprint density at radius 3 is 3.40 bits per heavy atom. The van der Waals surface area contributed by atoms with Gasteiger partial charge in [-0.05, 0) is 18.4 Å². The van der Waals surface area contributed by atoms with Crippen LogP contribution in [0.2, 0.25) is 0 Å². The average Bonchev–Trinajstić information content (AvgIpc) is 2.05. The minimum absolute atomic E-state index is 0.981. The van der Waals surface area contributed by atoms with Crippen molar-refractivity contribution in [2.75, 3.05) is 13.1 Å². The normalized spacial score (nSPS) is 23.2. The molecular weight excluding hydrogens is 124 g/mol. The van der Waals surface area contributed by atoms with Gasteiger partial charge in [0.15, 0.2) is 0 Å². The van der Waals surface area contributed by atoms with Crippen LogP contribution in [-0.4, -0.2) is 13.1 Å². The Morgan fingerprint density at radius 2 is 2.50 bits per heavy atom. The molecule has 1 N–H and O–H groups in total. The molecule has 2 nitrogen and oxygen atoms in total. The number of dihydropyridines is 1. The first-order valence-corrected chi connectivity index (χ1v) is 3.77. The summed E-state index contributed by atoms with van der Waals surface area (Å²) < 4.78 is 0. The van der Waals surface area contributed by atoms with Crippen molar-refractivity contribution in [1.29, 1.82) is 0 Å². The molecule has 0 atom stereocenters. The largest absolute Gasteiger partial charge is 0.386 e. The summed E-state index contributed by atoms with van der Waals surface area (Å²) in [5.41, 5.74) is 2.61. The van der Waals surface area contributed by atoms with E-state index in [9.17, 15) is 0 Å². The highest BCUT2D eigenvalue weighted by Crippen LogP contribution is 2.20. The number of allylic oxidation sites excluding steroid dienone is 1. The molecule has 0 amide bonds. The zero-order valence-corrected chi connectivity index (χ0v) is 5.93. The molecule has 0 aliphatic carbocycles. The van der Waals surface area contributed by atoms with Crippen LogP contribution in [0.5, 0.6) is 0 Å². The molecule has 2 aliphatic rings. The topological polar surface area (TPSA) is 26.1 Å². The lowest BCUT2D eigenvalue weighted by Crippen LogP contribution is -2.22. The van der Waals surface area contributed by atoms with Gasteiger partial charge in [-0.1, -0.05) is 6.08 Å². The highest BCUT2D eigenvalue weighted by atomic mass is 14.9. The molecule has 2 heterocycles. The quantitative estimate of drug-likeness (QED) is 0.521. The average molecular weight is 135 g/mol. The molecule has 0 aromatic heterocycles. The zero-order valence-electron chi connectivity index (χ0n) is 5.93. The highest BCUT2D eigenvalue weighted by molar-refractivity contribution is 5.33. The SMILES string of the molecule is C1=C2CCC[N]C2=CNC1. The van der Waals surface area contributed by atoms with E-state index >= 15 is 0 Å². The van der Waals surface area contributed by atoms with E-state index in [1.165, 1.54) is 24.1 Å². The van der Waals surface area contributed by atoms with Gasteiger partial charge in [0.05, 0.1) is 5.70 Å². The maximum Gasteiger partial charge on any atom is 0.0760 e. The Hall–Kier alpha value is -0.920. The molecule has 2 aliphatic heterocycles. The third kappa shape index (κ3) is 0.897. The molecule has 53 valence electrons. The molecular formula is C8H11N2. The van der Waals surface area contributed by atoms with Crippen LogP contribution >= 0.6 is 0 Å². The number of fused-ring (bicyclic) bond motifs is 1. The van der Waals surface area contributed by atoms with Crippen molar-refractivity contribution in [3.63, 3.8) is 0 Å². The van der Waals surface area contributed by atoms with E-state index in [1.807, 2.05) is 6.20 Å². The van der Waals surface area contributed by atoms with E-state index in [2.05, 4.69) is 16.7 Å². The van der Waals surface area contributed by atoms with Crippen LogP contribution < -0.4 is 10.6 Å². The van der Waals surface area contributed by atoms with Crippen molar-refractivity contribution < 1.29 is 0 Å². The number of nitrogens with zero attached hydrogens (tertiary/aromatic N) is 1. The van der Waals surface area contributed by atoms with E-state index in [-0.39, 0.29) is 0 Å². The maximum atomic E-state index is 4.38. The lowest BCUT2D eigenvalue weighted by atomic mass is 10.0. The third-order valence-corrected chi connectivity index (χ3v) is 1.92. The third-order valence-electron chi connectivity index (χ3n) is 1.92. The summed E-state index contributed by atoms with van der Waals surface area (Å²) in [6, 6.07) is 0. The molecule has 0 saturated carbocycles. The molecule has 2 heteroatoms. The molecule has 1 saturated heterocycles. The summed E-state index contributed by atoms with van der Waals surface area (Å²) in [5, 5.41) is 7.53. The fourth-order valence-corrected chi connectivity index (χ4v) is 1.38. The fraction of sp³-hybridized carbons (Fsp3) is 0.500. The van der Waals surface area contributed by atoms with Crippen molar-refractivity contribution in [3.05, 3.63) is 23.5 Å². The van der Waals surface area contributed by atoms with E-state index in [4.69, 9.17) is 0 Å². The van der Waals surface area contributed by atoms with Crippen molar-refractivity contribution in [3.8, 4) is 0 Å². The van der Waals surface area contributed by atoms with Gasteiger partial charge in [0.2, 0.25) is 0 Å². The summed E-state index contributed by atoms with van der Waals surface area (Å²) in [6.07, 6.45) is 6.70. The molecule has 0 aromatic carbocycles. The Kier molecular flexibility index (Phi) is 1.38. The van der Waals surface area contributed by atoms with Gasteiger partial charge in [0.1, 0.15) is 0 Å². The van der Waals surface area contributed by atoms with Crippen LogP contribution in [0.4, 0.5) is 0 Å². The number of rotatable bonds is 0. The van der Waals surface area contributed by atoms with Gasteiger partial charge in [-0.3, -0.25) is 5.32 Å². The zero-order chi connectivity index (χ0) is 6.81. The maximum absolute atomic E-state index is 4.38. The van der Waals surface area contributed by atoms with Gasteiger partial charge < -0.3 is 5.32 Å². The second kappa shape index (κ2) is 2.37. The molecule has 0 unspecified atom stereocenters. The van der Waals surface area contributed by atoms with Crippen molar-refractivity contribution in [2.45, 2.75) is 12.8 Å². The van der Waals surface area contributed by atoms with E-state index in [0.29, 0.717) is 0 Å². The van der Waals surface area contributed by atoms with Gasteiger partial charge in [0.25, 0.3) is 0 Å². The second-order valence-electron chi connectivity index (χ2n) is 2.65. The number of hydrogen-bond donors (Lipinski definition) is 1. The number of nitrogens with one attached hydrogen (secondary N) is 1. The molecule has 0 spiro atoms. The first-order chi connectivity index (χ1) is 4.97. The van der Waals surface area contributed by atoms with Gasteiger partial charge in [-0.15, -0.1) is 0 Å². The Balaban J connectivity index is 2.19. The summed E-state index contributed by atoms with van der Waals surface area (Å²) >= 11 is 0. The van der Waals surface area contributed by atoms with Crippen molar-refractivity contribution >= 4 is 0 Å². The summed E-state index contributed by atoms with van der Waals surface area (Å²) in [5.74, 6) is 0. The molecule has 0 aromatic rings. The van der Waals surface area contributed by atoms with Crippen LogP contribution in [-0.2, 0) is 0 Å². The predicted octanol–water partition coefficient (Wildman–Crippen LogP) is 0.756. The molecule has 0 bridgehead atoms. The van der Waals surface area contributed by atoms with Crippen LogP contribution in [0.25, 0.3) is 0 Å². The Morgan fingerprint density at radius 1 is 1.50 bits per heavy atom. The van der Waals surface area contributed by atoms with Crippen LogP contribution in [0.1, 0.15) is 12.8 Å². The van der Waals surface area contributed by atoms with E-state index < -0.39 is 0 Å². The second-order valence-corrected chi connectivity index (χ2v) is 2.65. The monoisotopic (exact) mass is 135 g/mol. The first-order valence-electron chi connectivity index (χ1n) is 3.77. The summed E-state index contributed by atoms with van der Waals surface area (Å²) in [6.45, 7) is 1.99. The highest BCUT2D eigenvalue weighted by Gasteiger charge is 2.13. The van der Waals surface area contributed by atoms with Crippen LogP contribution in [0.15, 0.2) is 23.5 Å². The summed E-state index contributed by atoms with van der Waals surface area (Å²) in [7, 11) is 0. The molecule has 1 fully saturated rings. The van der Waals surface area contributed by atoms with E-state index in [0.717, 1.165) is 13.1 Å². The lowest BCUT2D eigenvalue weighted by molar-refractivity contribution is 0.641. The van der Waals surface area contributed by atoms with Crippen LogP contribution in [0, 0.1) is 0 Å². The molecule has 1 radical (unpaired) electrons. The summed E-state index contributed by atoms with van der Waals surface area (Å²) in [4.78, 5) is 0. The van der Waals surface area contributed by atoms with Gasteiger partial charge in [-0.2, -0.15) is 0 Å². The van der Waals surface area contributed by atoms with Gasteiger partial charge >= 0.3 is 0 Å². The van der Waals surface area contributed by atoms with Gasteiger partial charge in [0, 0.05) is 19.3 Å². The minimum atomic E-state index is 0.981. The Labute approximate surface area is 61.0 Å². The standard InChI is InChI=1S/C8H11N2/c1-2-7-3-5-9-6-8(7)10-4-1/h3,6,9H,1-2,4-5H2. The minimum Gasteiger partial charge on any atom is -0.386 e. The van der Waals surface area contributed by atoms with Crippen molar-refractivity contribution in [2.24, 2.45) is 0 Å².